The first-order valence-electron chi connectivity index (χ1n) is 9.21. The summed E-state index contributed by atoms with van der Waals surface area (Å²) in [6, 6.07) is 5.06. The number of hydrogen-bond acceptors (Lipinski definition) is 6. The summed E-state index contributed by atoms with van der Waals surface area (Å²) in [5, 5.41) is 4.50. The number of likely N-dealkylation sites (tertiary alicyclic amines) is 1. The number of rotatable bonds is 6. The van der Waals surface area contributed by atoms with Crippen LogP contribution in [0.25, 0.3) is 0 Å². The number of nitrogens with zero attached hydrogens (tertiary/aromatic N) is 3. The normalized spacial score (nSPS) is 19.9. The van der Waals surface area contributed by atoms with Gasteiger partial charge in [-0.05, 0) is 43.9 Å². The molecule has 1 unspecified atom stereocenters. The van der Waals surface area contributed by atoms with Crippen LogP contribution in [-0.4, -0.2) is 47.3 Å². The molecule has 0 bridgehead atoms. The van der Waals surface area contributed by atoms with E-state index >= 15 is 0 Å². The molecule has 1 saturated carbocycles. The van der Waals surface area contributed by atoms with Crippen molar-refractivity contribution >= 4 is 17.5 Å². The van der Waals surface area contributed by atoms with Gasteiger partial charge in [0, 0.05) is 24.0 Å². The standard InChI is InChI=1S/C19H22ClN3O4/c1-25-16-7-6-13(20)9-15(16)19(24)23-8-2-3-14(10-23)26-11-17-21-18(22-27-17)12-4-5-12/h6-7,9,12,14H,2-5,8,10-11H2,1H3. The SMILES string of the molecule is COc1ccc(Cl)cc1C(=O)N1CCCC(OCc2nc(C3CC3)no2)C1. The molecule has 2 aliphatic rings. The van der Waals surface area contributed by atoms with Crippen LogP contribution in [-0.2, 0) is 11.3 Å². The summed E-state index contributed by atoms with van der Waals surface area (Å²) in [6.45, 7) is 1.46. The zero-order valence-corrected chi connectivity index (χ0v) is 15.9. The lowest BCUT2D eigenvalue weighted by Crippen LogP contribution is -2.43. The van der Waals surface area contributed by atoms with Crippen molar-refractivity contribution in [3.05, 3.63) is 40.5 Å². The monoisotopic (exact) mass is 391 g/mol. The zero-order chi connectivity index (χ0) is 18.8. The van der Waals surface area contributed by atoms with E-state index in [0.29, 0.717) is 41.2 Å². The van der Waals surface area contributed by atoms with Gasteiger partial charge in [0.1, 0.15) is 12.4 Å². The van der Waals surface area contributed by atoms with Gasteiger partial charge in [-0.25, -0.2) is 0 Å². The fourth-order valence-electron chi connectivity index (χ4n) is 3.30. The summed E-state index contributed by atoms with van der Waals surface area (Å²) in [5.74, 6) is 2.15. The first kappa shape index (κ1) is 18.3. The highest BCUT2D eigenvalue weighted by Crippen LogP contribution is 2.38. The molecule has 1 aliphatic carbocycles. The molecule has 2 aromatic rings. The Balaban J connectivity index is 1.37. The number of carbonyl (C=O) groups is 1. The van der Waals surface area contributed by atoms with E-state index in [2.05, 4.69) is 10.1 Å². The van der Waals surface area contributed by atoms with Gasteiger partial charge in [-0.3, -0.25) is 4.79 Å². The number of benzene rings is 1. The van der Waals surface area contributed by atoms with E-state index in [-0.39, 0.29) is 18.6 Å². The lowest BCUT2D eigenvalue weighted by molar-refractivity contribution is -0.0154. The predicted molar refractivity (Wildman–Crippen MR) is 98.0 cm³/mol. The van der Waals surface area contributed by atoms with Gasteiger partial charge >= 0.3 is 0 Å². The molecule has 144 valence electrons. The van der Waals surface area contributed by atoms with E-state index < -0.39 is 0 Å². The van der Waals surface area contributed by atoms with Crippen LogP contribution in [0.2, 0.25) is 5.02 Å². The maximum absolute atomic E-state index is 12.9. The fraction of sp³-hybridized carbons (Fsp3) is 0.526. The largest absolute Gasteiger partial charge is 0.496 e. The van der Waals surface area contributed by atoms with Crippen molar-refractivity contribution in [3.8, 4) is 5.75 Å². The third-order valence-corrected chi connectivity index (χ3v) is 5.16. The number of amides is 1. The Labute approximate surface area is 162 Å². The molecule has 0 radical (unpaired) electrons. The van der Waals surface area contributed by atoms with Gasteiger partial charge in [0.05, 0.1) is 18.8 Å². The van der Waals surface area contributed by atoms with Crippen molar-refractivity contribution in [3.63, 3.8) is 0 Å². The van der Waals surface area contributed by atoms with E-state index in [1.807, 2.05) is 0 Å². The van der Waals surface area contributed by atoms with E-state index in [4.69, 9.17) is 25.6 Å². The Kier molecular flexibility index (Phi) is 5.31. The minimum Gasteiger partial charge on any atom is -0.496 e. The van der Waals surface area contributed by atoms with Crippen molar-refractivity contribution in [1.29, 1.82) is 0 Å². The summed E-state index contributed by atoms with van der Waals surface area (Å²) in [7, 11) is 1.54. The van der Waals surface area contributed by atoms with E-state index in [1.54, 1.807) is 30.2 Å². The highest BCUT2D eigenvalue weighted by molar-refractivity contribution is 6.31. The second-order valence-electron chi connectivity index (χ2n) is 6.99. The molecular weight excluding hydrogens is 370 g/mol. The molecule has 2 heterocycles. The van der Waals surface area contributed by atoms with Gasteiger partial charge in [0.2, 0.25) is 0 Å². The molecule has 1 aromatic carbocycles. The number of piperidine rings is 1. The lowest BCUT2D eigenvalue weighted by Gasteiger charge is -2.32. The van der Waals surface area contributed by atoms with Crippen LogP contribution < -0.4 is 4.74 Å². The average molecular weight is 392 g/mol. The molecule has 1 aliphatic heterocycles. The summed E-state index contributed by atoms with van der Waals surface area (Å²) < 4.78 is 16.5. The number of aromatic nitrogens is 2. The van der Waals surface area contributed by atoms with Crippen molar-refractivity contribution < 1.29 is 18.8 Å². The van der Waals surface area contributed by atoms with Crippen LogP contribution in [0, 0.1) is 0 Å². The van der Waals surface area contributed by atoms with Gasteiger partial charge in [-0.1, -0.05) is 16.8 Å². The van der Waals surface area contributed by atoms with Crippen LogP contribution in [0.3, 0.4) is 0 Å². The third kappa shape index (κ3) is 4.25. The maximum atomic E-state index is 12.9. The van der Waals surface area contributed by atoms with Gasteiger partial charge in [0.15, 0.2) is 5.82 Å². The van der Waals surface area contributed by atoms with Crippen LogP contribution in [0.5, 0.6) is 5.75 Å². The molecule has 8 heteroatoms. The number of halogens is 1. The molecule has 7 nitrogen and oxygen atoms in total. The molecule has 1 atom stereocenters. The Bertz CT molecular complexity index is 821. The van der Waals surface area contributed by atoms with Crippen LogP contribution in [0.4, 0.5) is 0 Å². The second kappa shape index (κ2) is 7.86. The topological polar surface area (TPSA) is 77.7 Å². The number of carbonyl (C=O) groups excluding carboxylic acids is 1. The summed E-state index contributed by atoms with van der Waals surface area (Å²) in [5.41, 5.74) is 0.469. The summed E-state index contributed by atoms with van der Waals surface area (Å²) in [4.78, 5) is 19.1. The predicted octanol–water partition coefficient (Wildman–Crippen LogP) is 3.43. The number of ether oxygens (including phenoxy) is 2. The molecule has 2 fully saturated rings. The fourth-order valence-corrected chi connectivity index (χ4v) is 3.47. The molecule has 27 heavy (non-hydrogen) atoms. The Morgan fingerprint density at radius 1 is 1.37 bits per heavy atom. The Morgan fingerprint density at radius 3 is 3.00 bits per heavy atom. The van der Waals surface area contributed by atoms with Crippen molar-refractivity contribution in [2.75, 3.05) is 20.2 Å². The van der Waals surface area contributed by atoms with Crippen molar-refractivity contribution in [1.82, 2.24) is 15.0 Å². The van der Waals surface area contributed by atoms with E-state index in [1.165, 1.54) is 0 Å². The molecule has 0 N–H and O–H groups in total. The molecule has 1 amide bonds. The van der Waals surface area contributed by atoms with Crippen LogP contribution in [0.15, 0.2) is 22.7 Å². The average Bonchev–Trinajstić information content (AvgIpc) is 3.44. The highest BCUT2D eigenvalue weighted by Gasteiger charge is 2.30. The number of hydrogen-bond donors (Lipinski definition) is 0. The highest BCUT2D eigenvalue weighted by atomic mass is 35.5. The summed E-state index contributed by atoms with van der Waals surface area (Å²) in [6.07, 6.45) is 3.96. The van der Waals surface area contributed by atoms with Gasteiger partial charge in [-0.2, -0.15) is 4.98 Å². The first-order chi connectivity index (χ1) is 13.1. The lowest BCUT2D eigenvalue weighted by atomic mass is 10.1. The van der Waals surface area contributed by atoms with E-state index in [0.717, 1.165) is 31.5 Å². The van der Waals surface area contributed by atoms with E-state index in [9.17, 15) is 4.79 Å². The van der Waals surface area contributed by atoms with Gasteiger partial charge in [-0.15, -0.1) is 0 Å². The second-order valence-corrected chi connectivity index (χ2v) is 7.43. The Hall–Kier alpha value is -2.12. The van der Waals surface area contributed by atoms with Crippen LogP contribution in [0.1, 0.15) is 53.7 Å². The molecule has 0 spiro atoms. The smallest absolute Gasteiger partial charge is 0.257 e. The van der Waals surface area contributed by atoms with Crippen LogP contribution >= 0.6 is 11.6 Å². The third-order valence-electron chi connectivity index (χ3n) is 4.93. The van der Waals surface area contributed by atoms with Crippen molar-refractivity contribution in [2.45, 2.75) is 44.3 Å². The zero-order valence-electron chi connectivity index (χ0n) is 15.2. The molecule has 4 rings (SSSR count). The molecular formula is C19H22ClN3O4. The Morgan fingerprint density at radius 2 is 2.22 bits per heavy atom. The molecule has 1 aromatic heterocycles. The minimum atomic E-state index is -0.101. The first-order valence-corrected chi connectivity index (χ1v) is 9.58. The van der Waals surface area contributed by atoms with Crippen molar-refractivity contribution in [2.24, 2.45) is 0 Å². The quantitative estimate of drug-likeness (QED) is 0.750. The van der Waals surface area contributed by atoms with Gasteiger partial charge < -0.3 is 18.9 Å². The molecule has 1 saturated heterocycles. The minimum absolute atomic E-state index is 0.0656. The van der Waals surface area contributed by atoms with Gasteiger partial charge in [0.25, 0.3) is 11.8 Å². The number of methoxy groups -OCH3 is 1. The summed E-state index contributed by atoms with van der Waals surface area (Å²) >= 11 is 6.06. The maximum Gasteiger partial charge on any atom is 0.257 e.